The second-order valence-electron chi connectivity index (χ2n) is 10.2. The molecule has 1 saturated heterocycles. The molecule has 15 nitrogen and oxygen atoms in total. The number of hydrogen-bond acceptors (Lipinski definition) is 11. The molecule has 5 rings (SSSR count). The van der Waals surface area contributed by atoms with E-state index in [9.17, 15) is 29.7 Å². The van der Waals surface area contributed by atoms with Crippen LogP contribution >= 0.6 is 0 Å². The summed E-state index contributed by atoms with van der Waals surface area (Å²) in [5.41, 5.74) is 1.41. The van der Waals surface area contributed by atoms with Crippen molar-refractivity contribution in [2.24, 2.45) is 13.0 Å². The number of benzene rings is 1. The van der Waals surface area contributed by atoms with E-state index in [-0.39, 0.29) is 29.2 Å². The minimum absolute atomic E-state index is 0.00952. The van der Waals surface area contributed by atoms with Crippen molar-refractivity contribution < 1.29 is 34.4 Å². The third-order valence-electron chi connectivity index (χ3n) is 7.00. The van der Waals surface area contributed by atoms with E-state index in [0.717, 1.165) is 32.1 Å². The summed E-state index contributed by atoms with van der Waals surface area (Å²) in [6.45, 7) is 1.40. The van der Waals surface area contributed by atoms with E-state index < -0.39 is 17.7 Å². The molecule has 222 valence electrons. The van der Waals surface area contributed by atoms with E-state index in [1.54, 1.807) is 36.6 Å². The number of nitrogens with one attached hydrogen (secondary N) is 3. The largest absolute Gasteiger partial charge is 0.494 e. The van der Waals surface area contributed by atoms with Gasteiger partial charge in [-0.05, 0) is 50.3 Å². The molecule has 42 heavy (non-hydrogen) atoms. The second kappa shape index (κ2) is 11.7. The third kappa shape index (κ3) is 6.48. The fourth-order valence-electron chi connectivity index (χ4n) is 4.76. The normalized spacial score (nSPS) is 15.2. The van der Waals surface area contributed by atoms with Crippen molar-refractivity contribution in [2.75, 3.05) is 30.8 Å². The molecule has 3 amide bonds. The van der Waals surface area contributed by atoms with Crippen molar-refractivity contribution in [1.29, 1.82) is 0 Å². The van der Waals surface area contributed by atoms with Gasteiger partial charge in [-0.2, -0.15) is 5.10 Å². The molecule has 2 aliphatic rings. The van der Waals surface area contributed by atoms with Gasteiger partial charge in [0, 0.05) is 37.7 Å². The molecule has 0 unspecified atom stereocenters. The maximum atomic E-state index is 13.2. The van der Waals surface area contributed by atoms with Gasteiger partial charge in [-0.3, -0.25) is 24.4 Å². The topological polar surface area (TPSA) is 204 Å². The fraction of sp³-hybridized carbons (Fsp3) is 0.407. The molecule has 3 aromatic rings. The molecular weight excluding hydrogens is 548 g/mol. The van der Waals surface area contributed by atoms with E-state index in [4.69, 9.17) is 4.74 Å². The number of ether oxygens (including phenoxy) is 1. The first-order valence-corrected chi connectivity index (χ1v) is 13.5. The molecular formula is C27H32N8O7. The Balaban J connectivity index is 1.48. The van der Waals surface area contributed by atoms with Crippen molar-refractivity contribution in [3.63, 3.8) is 0 Å². The van der Waals surface area contributed by atoms with Crippen molar-refractivity contribution in [3.8, 4) is 17.0 Å². The molecule has 2 fully saturated rings. The summed E-state index contributed by atoms with van der Waals surface area (Å²) in [6.07, 6.45) is 1.05. The number of aliphatic hydroxyl groups is 3. The fourth-order valence-corrected chi connectivity index (χ4v) is 4.76. The number of para-hydroxylation sites is 1. The Morgan fingerprint density at radius 2 is 1.76 bits per heavy atom. The van der Waals surface area contributed by atoms with Crippen molar-refractivity contribution in [1.82, 2.24) is 30.2 Å². The number of nitrogens with zero attached hydrogens (tertiary/aromatic N) is 5. The lowest BCUT2D eigenvalue weighted by molar-refractivity contribution is -0.323. The number of aromatic nitrogens is 4. The average Bonchev–Trinajstić information content (AvgIpc) is 3.74. The van der Waals surface area contributed by atoms with Crippen LogP contribution in [0.5, 0.6) is 5.75 Å². The first-order valence-electron chi connectivity index (χ1n) is 13.5. The van der Waals surface area contributed by atoms with Gasteiger partial charge in [-0.25, -0.2) is 0 Å². The summed E-state index contributed by atoms with van der Waals surface area (Å²) in [6, 6.07) is 8.17. The molecule has 15 heteroatoms. The van der Waals surface area contributed by atoms with Gasteiger partial charge in [0.2, 0.25) is 5.91 Å². The number of likely N-dealkylation sites (tertiary alicyclic amines) is 1. The van der Waals surface area contributed by atoms with Crippen LogP contribution in [0.3, 0.4) is 0 Å². The van der Waals surface area contributed by atoms with Gasteiger partial charge >= 0.3 is 6.10 Å². The Labute approximate surface area is 240 Å². The number of piperidine rings is 1. The highest BCUT2D eigenvalue weighted by Gasteiger charge is 2.31. The monoisotopic (exact) mass is 580 g/mol. The van der Waals surface area contributed by atoms with Crippen molar-refractivity contribution in [3.05, 3.63) is 41.7 Å². The lowest BCUT2D eigenvalue weighted by Gasteiger charge is -2.26. The Bertz CT molecular complexity index is 1510. The summed E-state index contributed by atoms with van der Waals surface area (Å²) < 4.78 is 7.24. The molecule has 1 aromatic carbocycles. The quantitative estimate of drug-likeness (QED) is 0.196. The van der Waals surface area contributed by atoms with E-state index >= 15 is 0 Å². The maximum absolute atomic E-state index is 13.2. The number of anilines is 3. The number of hydrogen-bond donors (Lipinski definition) is 6. The number of rotatable bonds is 9. The Morgan fingerprint density at radius 3 is 2.43 bits per heavy atom. The second-order valence-corrected chi connectivity index (χ2v) is 10.2. The lowest BCUT2D eigenvalue weighted by atomic mass is 10.1. The highest BCUT2D eigenvalue weighted by atomic mass is 16.7. The van der Waals surface area contributed by atoms with Gasteiger partial charge in [-0.1, -0.05) is 6.07 Å². The van der Waals surface area contributed by atoms with Crippen molar-refractivity contribution in [2.45, 2.75) is 38.2 Å². The standard InChI is InChI=1S/C27H32N8O7/c1-34-20(26(38)35-11-4-3-5-12-35)13-18(33-34)16-7-6-8-17(23(16)42-2)28-19-14-21(29-24(36)15-9-10-15)31-32-22(19)25(37)30-27(39,40)41/h6-8,13-15,39-41H,3-5,9-12H2,1-2H3,(H,30,37)(H2,28,29,31,36). The molecule has 6 N–H and O–H groups in total. The predicted molar refractivity (Wildman–Crippen MR) is 148 cm³/mol. The molecule has 0 radical (unpaired) electrons. The first kappa shape index (κ1) is 28.9. The summed E-state index contributed by atoms with van der Waals surface area (Å²) in [5, 5.41) is 47.3. The molecule has 2 aromatic heterocycles. The van der Waals surface area contributed by atoms with Gasteiger partial charge in [0.1, 0.15) is 5.69 Å². The van der Waals surface area contributed by atoms with Crippen molar-refractivity contribution >= 4 is 34.9 Å². The van der Waals surface area contributed by atoms with Gasteiger partial charge in [0.25, 0.3) is 11.8 Å². The van der Waals surface area contributed by atoms with E-state index in [2.05, 4.69) is 25.9 Å². The molecule has 0 bridgehead atoms. The Kier molecular flexibility index (Phi) is 8.06. The van der Waals surface area contributed by atoms with E-state index in [0.29, 0.717) is 41.5 Å². The van der Waals surface area contributed by atoms with Crippen LogP contribution in [0.15, 0.2) is 30.3 Å². The zero-order valence-corrected chi connectivity index (χ0v) is 23.1. The smallest absolute Gasteiger partial charge is 0.369 e. The van der Waals surface area contributed by atoms with Crippen LogP contribution in [0.4, 0.5) is 17.2 Å². The van der Waals surface area contributed by atoms with Gasteiger partial charge in [0.05, 0.1) is 24.2 Å². The van der Waals surface area contributed by atoms with Crippen LogP contribution in [-0.4, -0.2) is 84.2 Å². The SMILES string of the molecule is COc1c(Nc2cc(NC(=O)C3CC3)nnc2C(=O)NC(O)(O)O)cccc1-c1cc(C(=O)N2CCCCC2)n(C)n1. The van der Waals surface area contributed by atoms with Crippen LogP contribution in [0.25, 0.3) is 11.3 Å². The highest BCUT2D eigenvalue weighted by molar-refractivity contribution is 6.00. The van der Waals surface area contributed by atoms with Gasteiger partial charge < -0.3 is 35.6 Å². The molecule has 1 aliphatic carbocycles. The minimum atomic E-state index is -3.51. The first-order chi connectivity index (χ1) is 20.0. The molecule has 1 aliphatic heterocycles. The van der Waals surface area contributed by atoms with Crippen LogP contribution in [0.1, 0.15) is 53.1 Å². The average molecular weight is 581 g/mol. The van der Waals surface area contributed by atoms with Crippen LogP contribution in [0, 0.1) is 5.92 Å². The zero-order chi connectivity index (χ0) is 30.0. The van der Waals surface area contributed by atoms with Crippen LogP contribution < -0.4 is 20.7 Å². The van der Waals surface area contributed by atoms with Crippen LogP contribution in [0.2, 0.25) is 0 Å². The van der Waals surface area contributed by atoms with Gasteiger partial charge in [0.15, 0.2) is 17.3 Å². The minimum Gasteiger partial charge on any atom is -0.494 e. The van der Waals surface area contributed by atoms with Crippen LogP contribution in [-0.2, 0) is 11.8 Å². The number of methoxy groups -OCH3 is 1. The number of amides is 3. The number of carbonyl (C=O) groups is 3. The summed E-state index contributed by atoms with van der Waals surface area (Å²) in [4.78, 5) is 40.0. The summed E-state index contributed by atoms with van der Waals surface area (Å²) in [5.74, 6) is -1.26. The number of carbonyl (C=O) groups excluding carboxylic acids is 3. The summed E-state index contributed by atoms with van der Waals surface area (Å²) >= 11 is 0. The molecule has 3 heterocycles. The molecule has 0 spiro atoms. The predicted octanol–water partition coefficient (Wildman–Crippen LogP) is 0.922. The van der Waals surface area contributed by atoms with E-state index in [1.807, 2.05) is 4.90 Å². The Hall–Kier alpha value is -4.60. The lowest BCUT2D eigenvalue weighted by Crippen LogP contribution is -2.48. The molecule has 0 atom stereocenters. The Morgan fingerprint density at radius 1 is 1.02 bits per heavy atom. The zero-order valence-electron chi connectivity index (χ0n) is 23.1. The summed E-state index contributed by atoms with van der Waals surface area (Å²) in [7, 11) is 3.15. The van der Waals surface area contributed by atoms with E-state index in [1.165, 1.54) is 17.9 Å². The maximum Gasteiger partial charge on any atom is 0.369 e. The third-order valence-corrected chi connectivity index (χ3v) is 7.00. The molecule has 1 saturated carbocycles. The van der Waals surface area contributed by atoms with Gasteiger partial charge in [-0.15, -0.1) is 10.2 Å². The number of aryl methyl sites for hydroxylation is 1. The highest BCUT2D eigenvalue weighted by Crippen LogP contribution is 2.38.